The molecule has 1 fully saturated rings. The molecule has 0 atom stereocenters. The van der Waals surface area contributed by atoms with Gasteiger partial charge >= 0.3 is 0 Å². The van der Waals surface area contributed by atoms with Crippen LogP contribution in [0.1, 0.15) is 5.56 Å². The second-order valence-corrected chi connectivity index (χ2v) is 4.04. The number of carbonyl (C=O) groups is 1. The number of carbonyl (C=O) groups excluding carboxylic acids is 1. The number of hydrogen-bond donors (Lipinski definition) is 2. The van der Waals surface area contributed by atoms with Crippen molar-refractivity contribution in [2.24, 2.45) is 0 Å². The third-order valence-electron chi connectivity index (χ3n) is 2.84. The molecule has 100 valence electrons. The van der Waals surface area contributed by atoms with E-state index < -0.39 is 0 Å². The summed E-state index contributed by atoms with van der Waals surface area (Å²) in [6.07, 6.45) is 1.68. The largest absolute Gasteiger partial charge is 0.497 e. The maximum absolute atomic E-state index is 11.7. The van der Waals surface area contributed by atoms with E-state index in [9.17, 15) is 4.79 Å². The smallest absolute Gasteiger partial charge is 0.274 e. The fourth-order valence-electron chi connectivity index (χ4n) is 1.76. The minimum Gasteiger partial charge on any atom is -0.497 e. The first-order valence-corrected chi connectivity index (χ1v) is 5.63. The fourth-order valence-corrected chi connectivity index (χ4v) is 1.76. The van der Waals surface area contributed by atoms with Crippen molar-refractivity contribution >= 4 is 17.9 Å². The summed E-state index contributed by atoms with van der Waals surface area (Å²) < 4.78 is 10.3. The average molecular weight is 261 g/mol. The summed E-state index contributed by atoms with van der Waals surface area (Å²) in [6, 6.07) is 5.33. The van der Waals surface area contributed by atoms with Gasteiger partial charge in [-0.05, 0) is 23.8 Å². The molecule has 6 heteroatoms. The Hall–Kier alpha value is -2.50. The Bertz CT molecular complexity index is 544. The zero-order valence-corrected chi connectivity index (χ0v) is 11.0. The molecule has 0 radical (unpaired) electrons. The lowest BCUT2D eigenvalue weighted by Crippen LogP contribution is -2.25. The zero-order valence-electron chi connectivity index (χ0n) is 11.0. The van der Waals surface area contributed by atoms with Crippen molar-refractivity contribution in [2.45, 2.75) is 0 Å². The number of guanidine groups is 1. The van der Waals surface area contributed by atoms with Gasteiger partial charge in [0.05, 0.1) is 14.2 Å². The van der Waals surface area contributed by atoms with Gasteiger partial charge in [-0.3, -0.25) is 15.5 Å². The maximum Gasteiger partial charge on any atom is 0.274 e. The molecule has 0 unspecified atom stereocenters. The molecule has 1 aliphatic rings. The highest BCUT2D eigenvalue weighted by molar-refractivity contribution is 6.14. The van der Waals surface area contributed by atoms with Gasteiger partial charge in [-0.1, -0.05) is 0 Å². The highest BCUT2D eigenvalue weighted by Gasteiger charge is 2.26. The van der Waals surface area contributed by atoms with E-state index in [-0.39, 0.29) is 11.9 Å². The lowest BCUT2D eigenvalue weighted by molar-refractivity contribution is -0.115. The number of hydrogen-bond acceptors (Lipinski definition) is 4. The summed E-state index contributed by atoms with van der Waals surface area (Å²) >= 11 is 0. The lowest BCUT2D eigenvalue weighted by atomic mass is 10.1. The molecule has 2 N–H and O–H groups in total. The van der Waals surface area contributed by atoms with Crippen LogP contribution in [0, 0.1) is 5.41 Å². The first-order valence-electron chi connectivity index (χ1n) is 5.63. The molecule has 1 heterocycles. The average Bonchev–Trinajstić information content (AvgIpc) is 2.65. The summed E-state index contributed by atoms with van der Waals surface area (Å²) in [5, 5.41) is 9.98. The number of benzene rings is 1. The SMILES string of the molecule is COc1cc(/C=C2/C(=O)NC(=N)N2C)cc(OC)c1. The van der Waals surface area contributed by atoms with E-state index >= 15 is 0 Å². The second-order valence-electron chi connectivity index (χ2n) is 4.04. The number of methoxy groups -OCH3 is 2. The van der Waals surface area contributed by atoms with Crippen LogP contribution in [0.25, 0.3) is 6.08 Å². The van der Waals surface area contributed by atoms with Crippen molar-refractivity contribution in [2.75, 3.05) is 21.3 Å². The van der Waals surface area contributed by atoms with Gasteiger partial charge in [0.25, 0.3) is 5.91 Å². The number of nitrogens with zero attached hydrogens (tertiary/aromatic N) is 1. The molecule has 6 nitrogen and oxygen atoms in total. The molecule has 2 rings (SSSR count). The highest BCUT2D eigenvalue weighted by Crippen LogP contribution is 2.25. The quantitative estimate of drug-likeness (QED) is 0.797. The van der Waals surface area contributed by atoms with Crippen molar-refractivity contribution in [3.8, 4) is 11.5 Å². The van der Waals surface area contributed by atoms with Crippen LogP contribution in [-0.2, 0) is 4.79 Å². The van der Waals surface area contributed by atoms with Crippen LogP contribution < -0.4 is 14.8 Å². The zero-order chi connectivity index (χ0) is 14.0. The van der Waals surface area contributed by atoms with Gasteiger partial charge in [0, 0.05) is 13.1 Å². The van der Waals surface area contributed by atoms with Gasteiger partial charge in [0.1, 0.15) is 17.2 Å². The minimum absolute atomic E-state index is 0.0612. The Kier molecular flexibility index (Phi) is 3.41. The molecule has 1 aromatic rings. The van der Waals surface area contributed by atoms with Crippen LogP contribution in [0.5, 0.6) is 11.5 Å². The summed E-state index contributed by atoms with van der Waals surface area (Å²) in [5.41, 5.74) is 1.17. The van der Waals surface area contributed by atoms with E-state index in [1.165, 1.54) is 4.90 Å². The van der Waals surface area contributed by atoms with Gasteiger partial charge in [-0.2, -0.15) is 0 Å². The Morgan fingerprint density at radius 2 is 1.79 bits per heavy atom. The first kappa shape index (κ1) is 12.9. The Morgan fingerprint density at radius 1 is 1.21 bits per heavy atom. The standard InChI is InChI=1S/C13H15N3O3/c1-16-11(12(17)15-13(16)14)6-8-4-9(18-2)7-10(5-8)19-3/h4-7H,1-3H3,(H2,14,15,17)/b11-6-. The third-order valence-corrected chi connectivity index (χ3v) is 2.84. The minimum atomic E-state index is -0.297. The van der Waals surface area contributed by atoms with Crippen molar-refractivity contribution in [1.82, 2.24) is 10.2 Å². The number of amides is 1. The molecule has 1 saturated heterocycles. The predicted octanol–water partition coefficient (Wildman–Crippen LogP) is 1.04. The van der Waals surface area contributed by atoms with E-state index in [2.05, 4.69) is 5.32 Å². The molecule has 1 aromatic carbocycles. The number of likely N-dealkylation sites (N-methyl/N-ethyl adjacent to an activating group) is 1. The molecule has 0 saturated carbocycles. The molecule has 1 amide bonds. The van der Waals surface area contributed by atoms with Crippen LogP contribution in [-0.4, -0.2) is 38.0 Å². The van der Waals surface area contributed by atoms with E-state index in [0.29, 0.717) is 17.2 Å². The summed E-state index contributed by atoms with van der Waals surface area (Å²) in [4.78, 5) is 13.2. The predicted molar refractivity (Wildman–Crippen MR) is 71.2 cm³/mol. The summed E-state index contributed by atoms with van der Waals surface area (Å²) in [5.74, 6) is 1.05. The number of ether oxygens (including phenoxy) is 2. The van der Waals surface area contributed by atoms with Gasteiger partial charge in [-0.25, -0.2) is 0 Å². The van der Waals surface area contributed by atoms with E-state index in [1.54, 1.807) is 45.5 Å². The molecular formula is C13H15N3O3. The van der Waals surface area contributed by atoms with Crippen LogP contribution >= 0.6 is 0 Å². The van der Waals surface area contributed by atoms with Crippen LogP contribution in [0.4, 0.5) is 0 Å². The van der Waals surface area contributed by atoms with E-state index in [0.717, 1.165) is 5.56 Å². The Morgan fingerprint density at radius 3 is 2.21 bits per heavy atom. The van der Waals surface area contributed by atoms with Gasteiger partial charge in [0.2, 0.25) is 5.96 Å². The molecule has 0 aliphatic carbocycles. The number of nitrogens with one attached hydrogen (secondary N) is 2. The van der Waals surface area contributed by atoms with Crippen LogP contribution in [0.3, 0.4) is 0 Å². The van der Waals surface area contributed by atoms with Crippen LogP contribution in [0.2, 0.25) is 0 Å². The third kappa shape index (κ3) is 2.52. The van der Waals surface area contributed by atoms with Crippen molar-refractivity contribution in [3.63, 3.8) is 0 Å². The Balaban J connectivity index is 2.42. The van der Waals surface area contributed by atoms with Gasteiger partial charge in [0.15, 0.2) is 0 Å². The van der Waals surface area contributed by atoms with E-state index in [1.807, 2.05) is 0 Å². The first-order chi connectivity index (χ1) is 9.05. The molecule has 19 heavy (non-hydrogen) atoms. The molecule has 0 bridgehead atoms. The van der Waals surface area contributed by atoms with Crippen molar-refractivity contribution in [3.05, 3.63) is 29.5 Å². The van der Waals surface area contributed by atoms with Gasteiger partial charge in [-0.15, -0.1) is 0 Å². The topological polar surface area (TPSA) is 74.7 Å². The number of rotatable bonds is 3. The second kappa shape index (κ2) is 5.01. The van der Waals surface area contributed by atoms with Gasteiger partial charge < -0.3 is 14.4 Å². The van der Waals surface area contributed by atoms with E-state index in [4.69, 9.17) is 14.9 Å². The monoisotopic (exact) mass is 261 g/mol. The lowest BCUT2D eigenvalue weighted by Gasteiger charge is -2.10. The molecule has 0 spiro atoms. The molecule has 0 aromatic heterocycles. The summed E-state index contributed by atoms with van der Waals surface area (Å²) in [6.45, 7) is 0. The fraction of sp³-hybridized carbons (Fsp3) is 0.231. The Labute approximate surface area is 111 Å². The molecule has 1 aliphatic heterocycles. The van der Waals surface area contributed by atoms with Crippen molar-refractivity contribution in [1.29, 1.82) is 5.41 Å². The van der Waals surface area contributed by atoms with Crippen molar-refractivity contribution < 1.29 is 14.3 Å². The maximum atomic E-state index is 11.7. The molecular weight excluding hydrogens is 246 g/mol. The highest BCUT2D eigenvalue weighted by atomic mass is 16.5. The van der Waals surface area contributed by atoms with Crippen LogP contribution in [0.15, 0.2) is 23.9 Å². The normalized spacial score (nSPS) is 16.8. The summed E-state index contributed by atoms with van der Waals surface area (Å²) in [7, 11) is 4.79.